The molecule has 0 radical (unpaired) electrons. The normalized spacial score (nSPS) is 12.4. The lowest BCUT2D eigenvalue weighted by molar-refractivity contribution is -0.432. The van der Waals surface area contributed by atoms with E-state index in [2.05, 4.69) is 14.4 Å². The Morgan fingerprint density at radius 3 is 1.43 bits per heavy atom. The Labute approximate surface area is 533 Å². The van der Waals surface area contributed by atoms with E-state index in [1.165, 1.54) is 109 Å². The number of alkyl halides is 6. The second kappa shape index (κ2) is 25.8. The van der Waals surface area contributed by atoms with Crippen molar-refractivity contribution >= 4 is 47.3 Å². The first-order chi connectivity index (χ1) is 44.3. The number of hydrogen-bond acceptors (Lipinski definition) is 14. The van der Waals surface area contributed by atoms with Crippen LogP contribution in [0.15, 0.2) is 284 Å². The van der Waals surface area contributed by atoms with Gasteiger partial charge in [0, 0.05) is 39.7 Å². The molecule has 0 atom stereocenters. The van der Waals surface area contributed by atoms with Gasteiger partial charge in [0.25, 0.3) is 0 Å². The third-order valence-electron chi connectivity index (χ3n) is 15.3. The first kappa shape index (κ1) is 64.9. The largest absolute Gasteiger partial charge is 0.457 e. The Balaban J connectivity index is 0.817. The molecule has 11 rings (SSSR count). The minimum Gasteiger partial charge on any atom is -0.457 e. The second-order valence-electron chi connectivity index (χ2n) is 21.1. The molecule has 0 saturated heterocycles. The molecule has 0 amide bonds. The number of hydrogen-bond donors (Lipinski definition) is 1. The molecule has 24 heteroatoms. The fraction of sp³-hybridized carbons (Fsp3) is 0.0725. The number of ether oxygens (including phenoxy) is 2. The van der Waals surface area contributed by atoms with E-state index < -0.39 is 58.4 Å². The number of carbonyl (C=O) groups excluding carboxylic acids is 1. The second-order valence-corrected chi connectivity index (χ2v) is 27.7. The molecule has 0 aliphatic heterocycles. The van der Waals surface area contributed by atoms with Gasteiger partial charge in [-0.25, -0.2) is 35.5 Å². The number of imidazole rings is 1. The van der Waals surface area contributed by atoms with E-state index in [-0.39, 0.29) is 74.8 Å². The average Bonchev–Trinajstić information content (AvgIpc) is 0.942. The Morgan fingerprint density at radius 2 is 0.946 bits per heavy atom. The molecule has 0 unspecified atom stereocenters. The van der Waals surface area contributed by atoms with E-state index in [4.69, 9.17) is 14.7 Å². The number of rotatable bonds is 20. The van der Waals surface area contributed by atoms with Crippen LogP contribution in [0.3, 0.4) is 0 Å². The predicted octanol–water partition coefficient (Wildman–Crippen LogP) is 17.0. The summed E-state index contributed by atoms with van der Waals surface area (Å²) in [5.74, 6) is -0.674. The minimum absolute atomic E-state index is 0.0180. The molecule has 1 aromatic heterocycles. The first-order valence-corrected chi connectivity index (χ1v) is 32.9. The van der Waals surface area contributed by atoms with Crippen molar-refractivity contribution in [2.24, 2.45) is 0 Å². The predicted molar refractivity (Wildman–Crippen MR) is 332 cm³/mol. The lowest BCUT2D eigenvalue weighted by Crippen LogP contribution is -2.54. The van der Waals surface area contributed by atoms with E-state index >= 15 is 26.3 Å². The van der Waals surface area contributed by atoms with Crippen molar-refractivity contribution in [2.75, 3.05) is 0 Å². The molecule has 14 nitrogen and oxygen atoms in total. The van der Waals surface area contributed by atoms with Gasteiger partial charge in [0.1, 0.15) is 23.0 Å². The average molecular weight is 1340 g/mol. The summed E-state index contributed by atoms with van der Waals surface area (Å²) in [6.07, 6.45) is -7.03. The summed E-state index contributed by atoms with van der Waals surface area (Å²) in [6, 6.07) is 50.3. The standard InChI is InChI=1S/C69H48F6N2O12S4/c1-44-6-27-58(28-7-44)91(80,81)60-33-23-55(24-34-60)86-53-19-13-50(14-20-53)67(68(70,71)72,69(73,74)75)51-15-21-54(22-16-51)87-56-25-35-61(36-26-56)92(82,83)59-29-10-46(11-30-59)47-12-37-63(65(42-47)93(84,85)62-31-17-52(18-32-62)77-39-38-76-43-77)48-9-8-45(2)64(41-48)66(78)49-4-3-5-57(40-49)90-89-88-79/h3-43,79H,1-2H3. The van der Waals surface area contributed by atoms with Crippen molar-refractivity contribution in [1.29, 1.82) is 0 Å². The van der Waals surface area contributed by atoms with Gasteiger partial charge in [-0.3, -0.25) is 4.79 Å². The Kier molecular flexibility index (Phi) is 18.0. The molecule has 93 heavy (non-hydrogen) atoms. The van der Waals surface area contributed by atoms with Crippen LogP contribution in [0.4, 0.5) is 26.3 Å². The summed E-state index contributed by atoms with van der Waals surface area (Å²) in [4.78, 5) is 18.0. The highest BCUT2D eigenvalue weighted by molar-refractivity contribution is 7.94. The fourth-order valence-corrected chi connectivity index (χ4v) is 14.9. The van der Waals surface area contributed by atoms with Gasteiger partial charge < -0.3 is 14.0 Å². The number of halogens is 6. The van der Waals surface area contributed by atoms with Crippen LogP contribution in [0.2, 0.25) is 0 Å². The van der Waals surface area contributed by atoms with Gasteiger partial charge in [0.05, 0.1) is 47.7 Å². The number of nitrogens with zero attached hydrogens (tertiary/aromatic N) is 2. The van der Waals surface area contributed by atoms with Crippen molar-refractivity contribution in [3.05, 3.63) is 283 Å². The number of carbonyl (C=O) groups is 1. The number of benzene rings is 10. The van der Waals surface area contributed by atoms with Crippen LogP contribution >= 0.6 is 12.0 Å². The van der Waals surface area contributed by atoms with Crippen molar-refractivity contribution in [2.45, 2.75) is 65.9 Å². The van der Waals surface area contributed by atoms with Gasteiger partial charge in [-0.15, -0.1) is 4.33 Å². The highest BCUT2D eigenvalue weighted by Gasteiger charge is 2.72. The number of sulfone groups is 3. The Bertz CT molecular complexity index is 4890. The molecule has 0 saturated carbocycles. The molecule has 11 aromatic rings. The maximum Gasteiger partial charge on any atom is 0.411 e. The van der Waals surface area contributed by atoms with Crippen LogP contribution in [-0.4, -0.2) is 58.2 Å². The van der Waals surface area contributed by atoms with E-state index in [0.717, 1.165) is 29.8 Å². The van der Waals surface area contributed by atoms with E-state index in [1.54, 1.807) is 110 Å². The SMILES string of the molecule is Cc1ccc(S(=O)(=O)c2ccc(Oc3ccc(C(c4ccc(Oc5ccc(S(=O)(=O)c6ccc(-c7ccc(-c8ccc(C)c(C(=O)c9cccc(SOOO)c9)c8)c(S(=O)(=O)c8ccc(-n9ccnc9)cc8)c7)cc6)cc5)cc4)(C(F)(F)F)C(F)(F)F)cc3)cc2)cc1. The number of ketones is 1. The molecule has 0 spiro atoms. The summed E-state index contributed by atoms with van der Waals surface area (Å²) in [7, 11) is -12.5. The van der Waals surface area contributed by atoms with Crippen LogP contribution in [0.5, 0.6) is 23.0 Å². The lowest BCUT2D eigenvalue weighted by Gasteiger charge is -2.38. The molecule has 1 heterocycles. The van der Waals surface area contributed by atoms with E-state index in [1.807, 2.05) is 0 Å². The number of aryl methyl sites for hydroxylation is 2. The minimum atomic E-state index is -5.94. The van der Waals surface area contributed by atoms with Crippen molar-refractivity contribution in [1.82, 2.24) is 9.55 Å². The van der Waals surface area contributed by atoms with Gasteiger partial charge >= 0.3 is 12.4 Å². The van der Waals surface area contributed by atoms with Crippen LogP contribution in [0.1, 0.15) is 38.2 Å². The van der Waals surface area contributed by atoms with Gasteiger partial charge in [-0.2, -0.15) is 26.3 Å². The first-order valence-electron chi connectivity index (χ1n) is 27.7. The summed E-state index contributed by atoms with van der Waals surface area (Å²) in [5, 5.41) is 12.3. The van der Waals surface area contributed by atoms with Gasteiger partial charge in [-0.05, 0) is 193 Å². The fourth-order valence-electron chi connectivity index (χ4n) is 10.4. The molecular weight excluding hydrogens is 1290 g/mol. The molecular formula is C69H48F6N2O12S4. The molecule has 10 aromatic carbocycles. The highest BCUT2D eigenvalue weighted by atomic mass is 32.2. The van der Waals surface area contributed by atoms with Crippen LogP contribution in [0.25, 0.3) is 27.9 Å². The molecule has 0 fully saturated rings. The summed E-state index contributed by atoms with van der Waals surface area (Å²) >= 11 is 0.675. The lowest BCUT2D eigenvalue weighted by atomic mass is 9.73. The van der Waals surface area contributed by atoms with Gasteiger partial charge in [0.2, 0.25) is 34.9 Å². The van der Waals surface area contributed by atoms with Gasteiger partial charge in [0.15, 0.2) is 5.78 Å². The van der Waals surface area contributed by atoms with Crippen LogP contribution in [0, 0.1) is 13.8 Å². The zero-order valence-electron chi connectivity index (χ0n) is 48.4. The van der Waals surface area contributed by atoms with Crippen molar-refractivity contribution < 1.29 is 80.5 Å². The summed E-state index contributed by atoms with van der Waals surface area (Å²) < 4.78 is 193. The Morgan fingerprint density at radius 1 is 0.495 bits per heavy atom. The highest BCUT2D eigenvalue weighted by Crippen LogP contribution is 2.57. The van der Waals surface area contributed by atoms with E-state index in [0.29, 0.717) is 69.1 Å². The summed E-state index contributed by atoms with van der Waals surface area (Å²) in [5.41, 5.74) is -2.81. The number of aromatic nitrogens is 2. The molecule has 1 N–H and O–H groups in total. The third kappa shape index (κ3) is 13.1. The van der Waals surface area contributed by atoms with Crippen molar-refractivity contribution in [3.8, 4) is 50.9 Å². The molecule has 0 aliphatic rings. The summed E-state index contributed by atoms with van der Waals surface area (Å²) in [6.45, 7) is 3.53. The van der Waals surface area contributed by atoms with E-state index in [9.17, 15) is 30.0 Å². The quantitative estimate of drug-likeness (QED) is 0.0249. The van der Waals surface area contributed by atoms with Crippen LogP contribution < -0.4 is 9.47 Å². The maximum atomic E-state index is 15.2. The molecule has 472 valence electrons. The van der Waals surface area contributed by atoms with Gasteiger partial charge in [-0.1, -0.05) is 95.5 Å². The maximum absolute atomic E-state index is 15.2. The Hall–Kier alpha value is -9.66. The zero-order valence-corrected chi connectivity index (χ0v) is 51.7. The zero-order chi connectivity index (χ0) is 66.1. The van der Waals surface area contributed by atoms with Crippen LogP contribution in [-0.2, 0) is 44.3 Å². The topological polar surface area (TPSA) is 194 Å². The van der Waals surface area contributed by atoms with Crippen molar-refractivity contribution in [3.63, 3.8) is 0 Å². The smallest absolute Gasteiger partial charge is 0.411 e. The third-order valence-corrected chi connectivity index (χ3v) is 21.2. The monoisotopic (exact) mass is 1340 g/mol. The molecule has 0 aliphatic carbocycles. The molecule has 0 bridgehead atoms.